The van der Waals surface area contributed by atoms with Crippen LogP contribution in [0.25, 0.3) is 5.69 Å². The summed E-state index contributed by atoms with van der Waals surface area (Å²) in [5.74, 6) is -0.114. The average Bonchev–Trinajstić information content (AvgIpc) is 2.83. The Morgan fingerprint density at radius 1 is 1.27 bits per heavy atom. The van der Waals surface area contributed by atoms with Crippen molar-refractivity contribution >= 4 is 17.5 Å². The lowest BCUT2D eigenvalue weighted by molar-refractivity contribution is 0.0546. The molecule has 6 heteroatoms. The molecule has 5 nitrogen and oxygen atoms in total. The van der Waals surface area contributed by atoms with E-state index in [1.165, 1.54) is 0 Å². The number of aliphatic hydroxyl groups excluding tert-OH is 1. The minimum Gasteiger partial charge on any atom is -0.393 e. The number of carbonyl (C=O) groups excluding carboxylic acids is 1. The van der Waals surface area contributed by atoms with Crippen LogP contribution in [-0.2, 0) is 0 Å². The molecule has 0 radical (unpaired) electrons. The molecule has 3 rings (SSSR count). The Balaban J connectivity index is 1.91. The van der Waals surface area contributed by atoms with Gasteiger partial charge >= 0.3 is 0 Å². The second-order valence-corrected chi connectivity index (χ2v) is 5.88. The van der Waals surface area contributed by atoms with Crippen molar-refractivity contribution in [3.8, 4) is 5.69 Å². The zero-order valence-corrected chi connectivity index (χ0v) is 13.1. The van der Waals surface area contributed by atoms with Crippen LogP contribution in [0.3, 0.4) is 0 Å². The van der Waals surface area contributed by atoms with E-state index in [1.807, 2.05) is 30.3 Å². The van der Waals surface area contributed by atoms with Gasteiger partial charge in [0.2, 0.25) is 0 Å². The van der Waals surface area contributed by atoms with Crippen LogP contribution >= 0.6 is 11.6 Å². The van der Waals surface area contributed by atoms with Crippen molar-refractivity contribution in [2.75, 3.05) is 13.1 Å². The summed E-state index contributed by atoms with van der Waals surface area (Å²) in [5.41, 5.74) is 1.88. The molecular formula is C16H18ClN3O2. The molecule has 116 valence electrons. The summed E-state index contributed by atoms with van der Waals surface area (Å²) >= 11 is 6.41. The number of amides is 1. The zero-order chi connectivity index (χ0) is 15.7. The molecule has 2 aromatic rings. The first-order valence-corrected chi connectivity index (χ1v) is 7.73. The number of hydrogen-bond donors (Lipinski definition) is 1. The summed E-state index contributed by atoms with van der Waals surface area (Å²) in [4.78, 5) is 14.4. The summed E-state index contributed by atoms with van der Waals surface area (Å²) < 4.78 is 1.59. The van der Waals surface area contributed by atoms with Gasteiger partial charge in [-0.3, -0.25) is 4.79 Å². The molecule has 1 aromatic heterocycles. The lowest BCUT2D eigenvalue weighted by atomic mass is 10.1. The van der Waals surface area contributed by atoms with Crippen LogP contribution in [0.5, 0.6) is 0 Å². The number of halogens is 1. The average molecular weight is 320 g/mol. The quantitative estimate of drug-likeness (QED) is 0.925. The molecule has 0 unspecified atom stereocenters. The van der Waals surface area contributed by atoms with E-state index in [2.05, 4.69) is 5.10 Å². The van der Waals surface area contributed by atoms with Crippen LogP contribution in [0.2, 0.25) is 5.15 Å². The molecule has 0 bridgehead atoms. The predicted molar refractivity (Wildman–Crippen MR) is 84.5 cm³/mol. The van der Waals surface area contributed by atoms with Crippen molar-refractivity contribution in [3.05, 3.63) is 46.7 Å². The first-order chi connectivity index (χ1) is 10.6. The SMILES string of the molecule is Cc1nn(-c2ccccc2)c(Cl)c1C(=O)N1CCC(O)CC1. The highest BCUT2D eigenvalue weighted by molar-refractivity contribution is 6.33. The van der Waals surface area contributed by atoms with E-state index in [0.29, 0.717) is 42.3 Å². The normalized spacial score (nSPS) is 16.0. The maximum Gasteiger partial charge on any atom is 0.258 e. The fourth-order valence-electron chi connectivity index (χ4n) is 2.71. The van der Waals surface area contributed by atoms with Gasteiger partial charge in [0.1, 0.15) is 5.15 Å². The lowest BCUT2D eigenvalue weighted by Gasteiger charge is -2.29. The van der Waals surface area contributed by atoms with E-state index in [0.717, 1.165) is 5.69 Å². The third-order valence-corrected chi connectivity index (χ3v) is 4.32. The maximum absolute atomic E-state index is 12.7. The monoisotopic (exact) mass is 319 g/mol. The molecule has 1 N–H and O–H groups in total. The summed E-state index contributed by atoms with van der Waals surface area (Å²) in [7, 11) is 0. The maximum atomic E-state index is 12.7. The van der Waals surface area contributed by atoms with E-state index >= 15 is 0 Å². The van der Waals surface area contributed by atoms with Crippen LogP contribution in [0, 0.1) is 6.92 Å². The van der Waals surface area contributed by atoms with Gasteiger partial charge in [0.05, 0.1) is 23.0 Å². The van der Waals surface area contributed by atoms with Crippen molar-refractivity contribution in [2.45, 2.75) is 25.9 Å². The Labute approximate surface area is 134 Å². The molecule has 1 amide bonds. The molecule has 1 aliphatic heterocycles. The zero-order valence-electron chi connectivity index (χ0n) is 12.4. The van der Waals surface area contributed by atoms with E-state index in [4.69, 9.17) is 11.6 Å². The molecule has 1 aliphatic rings. The number of carbonyl (C=O) groups is 1. The second kappa shape index (κ2) is 6.10. The number of nitrogens with zero attached hydrogens (tertiary/aromatic N) is 3. The van der Waals surface area contributed by atoms with Crippen molar-refractivity contribution in [1.29, 1.82) is 0 Å². The number of likely N-dealkylation sites (tertiary alicyclic amines) is 1. The number of rotatable bonds is 2. The summed E-state index contributed by atoms with van der Waals surface area (Å²) in [5, 5.41) is 14.3. The number of aryl methyl sites for hydroxylation is 1. The Morgan fingerprint density at radius 3 is 2.55 bits per heavy atom. The van der Waals surface area contributed by atoms with E-state index < -0.39 is 0 Å². The fraction of sp³-hybridized carbons (Fsp3) is 0.375. The topological polar surface area (TPSA) is 58.4 Å². The van der Waals surface area contributed by atoms with E-state index in [-0.39, 0.29) is 12.0 Å². The van der Waals surface area contributed by atoms with Gasteiger partial charge in [-0.1, -0.05) is 29.8 Å². The third-order valence-electron chi connectivity index (χ3n) is 3.97. The minimum absolute atomic E-state index is 0.114. The smallest absolute Gasteiger partial charge is 0.258 e. The molecule has 0 atom stereocenters. The Bertz CT molecular complexity index is 676. The summed E-state index contributed by atoms with van der Waals surface area (Å²) in [6.07, 6.45) is 0.900. The Kier molecular flexibility index (Phi) is 4.18. The molecular weight excluding hydrogens is 302 g/mol. The number of piperidine rings is 1. The standard InChI is InChI=1S/C16H18ClN3O2/c1-11-14(16(22)19-9-7-13(21)8-10-19)15(17)20(18-11)12-5-3-2-4-6-12/h2-6,13,21H,7-10H2,1H3. The van der Waals surface area contributed by atoms with Gasteiger partial charge in [0, 0.05) is 13.1 Å². The van der Waals surface area contributed by atoms with Crippen LogP contribution in [-0.4, -0.2) is 44.9 Å². The van der Waals surface area contributed by atoms with Gasteiger partial charge in [-0.25, -0.2) is 4.68 Å². The minimum atomic E-state index is -0.312. The van der Waals surface area contributed by atoms with Crippen molar-refractivity contribution in [2.24, 2.45) is 0 Å². The fourth-order valence-corrected chi connectivity index (χ4v) is 3.06. The summed E-state index contributed by atoms with van der Waals surface area (Å²) in [6, 6.07) is 9.50. The Morgan fingerprint density at radius 2 is 1.91 bits per heavy atom. The number of benzene rings is 1. The van der Waals surface area contributed by atoms with Gasteiger partial charge in [-0.2, -0.15) is 5.10 Å². The third kappa shape index (κ3) is 2.74. The largest absolute Gasteiger partial charge is 0.393 e. The van der Waals surface area contributed by atoms with Gasteiger partial charge in [-0.05, 0) is 31.9 Å². The van der Waals surface area contributed by atoms with E-state index in [1.54, 1.807) is 16.5 Å². The number of aliphatic hydroxyl groups is 1. The molecule has 1 saturated heterocycles. The molecule has 0 aliphatic carbocycles. The Hall–Kier alpha value is -1.85. The highest BCUT2D eigenvalue weighted by atomic mass is 35.5. The first kappa shape index (κ1) is 15.1. The summed E-state index contributed by atoms with van der Waals surface area (Å²) in [6.45, 7) is 2.88. The number of aromatic nitrogens is 2. The van der Waals surface area contributed by atoms with Gasteiger partial charge < -0.3 is 10.0 Å². The number of para-hydroxylation sites is 1. The van der Waals surface area contributed by atoms with Crippen LogP contribution in [0.1, 0.15) is 28.9 Å². The second-order valence-electron chi connectivity index (χ2n) is 5.52. The molecule has 2 heterocycles. The molecule has 1 aromatic carbocycles. The highest BCUT2D eigenvalue weighted by Gasteiger charge is 2.28. The van der Waals surface area contributed by atoms with Crippen LogP contribution in [0.15, 0.2) is 30.3 Å². The first-order valence-electron chi connectivity index (χ1n) is 7.36. The van der Waals surface area contributed by atoms with E-state index in [9.17, 15) is 9.90 Å². The molecule has 22 heavy (non-hydrogen) atoms. The van der Waals surface area contributed by atoms with Gasteiger partial charge in [0.25, 0.3) is 5.91 Å². The molecule has 0 saturated carbocycles. The van der Waals surface area contributed by atoms with Crippen LogP contribution < -0.4 is 0 Å². The van der Waals surface area contributed by atoms with Gasteiger partial charge in [0.15, 0.2) is 0 Å². The van der Waals surface area contributed by atoms with Gasteiger partial charge in [-0.15, -0.1) is 0 Å². The van der Waals surface area contributed by atoms with Crippen LogP contribution in [0.4, 0.5) is 0 Å². The molecule has 1 fully saturated rings. The van der Waals surface area contributed by atoms with Crippen molar-refractivity contribution in [3.63, 3.8) is 0 Å². The molecule has 0 spiro atoms. The predicted octanol–water partition coefficient (Wildman–Crippen LogP) is 2.43. The van der Waals surface area contributed by atoms with Crippen molar-refractivity contribution < 1.29 is 9.90 Å². The van der Waals surface area contributed by atoms with Crippen molar-refractivity contribution in [1.82, 2.24) is 14.7 Å². The lowest BCUT2D eigenvalue weighted by Crippen LogP contribution is -2.40. The number of hydrogen-bond acceptors (Lipinski definition) is 3. The highest BCUT2D eigenvalue weighted by Crippen LogP contribution is 2.26.